The maximum atomic E-state index is 11.4. The first-order valence-electron chi connectivity index (χ1n) is 5.29. The molecule has 0 spiro atoms. The van der Waals surface area contributed by atoms with Gasteiger partial charge >= 0.3 is 5.97 Å². The summed E-state index contributed by atoms with van der Waals surface area (Å²) in [5.74, 6) is -0.224. The second-order valence-corrected chi connectivity index (χ2v) is 5.23. The Morgan fingerprint density at radius 1 is 1.40 bits per heavy atom. The van der Waals surface area contributed by atoms with E-state index >= 15 is 0 Å². The lowest BCUT2D eigenvalue weighted by Gasteiger charge is -2.31. The predicted molar refractivity (Wildman–Crippen MR) is 61.3 cm³/mol. The molecule has 0 fully saturated rings. The first-order valence-corrected chi connectivity index (χ1v) is 5.29. The highest BCUT2D eigenvalue weighted by Gasteiger charge is 2.22. The van der Waals surface area contributed by atoms with Crippen LogP contribution in [0.1, 0.15) is 34.6 Å². The quantitative estimate of drug-likeness (QED) is 0.567. The second kappa shape index (κ2) is 5.47. The third-order valence-corrected chi connectivity index (χ3v) is 2.54. The Bertz CT molecular complexity index is 209. The molecule has 15 heavy (non-hydrogen) atoms. The normalized spacial score (nSPS) is 14.5. The minimum atomic E-state index is -0.529. The monoisotopic (exact) mass is 216 g/mol. The highest BCUT2D eigenvalue weighted by molar-refractivity contribution is 5.75. The van der Waals surface area contributed by atoms with Gasteiger partial charge in [-0.1, -0.05) is 13.8 Å². The molecular formula is C11H24N2O2. The minimum absolute atomic E-state index is 0.0117. The van der Waals surface area contributed by atoms with E-state index < -0.39 is 6.04 Å². The number of carbonyl (C=O) groups is 1. The highest BCUT2D eigenvalue weighted by atomic mass is 16.5. The van der Waals surface area contributed by atoms with Gasteiger partial charge in [-0.25, -0.2) is 0 Å². The molecule has 0 aromatic rings. The lowest BCUT2D eigenvalue weighted by molar-refractivity contribution is -0.152. The molecule has 0 rings (SSSR count). The van der Waals surface area contributed by atoms with Crippen molar-refractivity contribution in [3.63, 3.8) is 0 Å². The second-order valence-electron chi connectivity index (χ2n) is 5.23. The molecule has 0 radical (unpaired) electrons. The van der Waals surface area contributed by atoms with E-state index in [0.29, 0.717) is 0 Å². The zero-order valence-corrected chi connectivity index (χ0v) is 10.7. The summed E-state index contributed by atoms with van der Waals surface area (Å²) in [7, 11) is 1.91. The summed E-state index contributed by atoms with van der Waals surface area (Å²) in [4.78, 5) is 13.4. The Hall–Kier alpha value is -0.610. The summed E-state index contributed by atoms with van der Waals surface area (Å²) < 4.78 is 5.12. The molecule has 0 heterocycles. The van der Waals surface area contributed by atoms with Gasteiger partial charge in [0.15, 0.2) is 0 Å². The van der Waals surface area contributed by atoms with Crippen molar-refractivity contribution < 1.29 is 9.53 Å². The van der Waals surface area contributed by atoms with E-state index in [0.717, 1.165) is 0 Å². The maximum Gasteiger partial charge on any atom is 0.324 e. The van der Waals surface area contributed by atoms with E-state index in [-0.39, 0.29) is 24.2 Å². The fourth-order valence-corrected chi connectivity index (χ4v) is 0.722. The van der Waals surface area contributed by atoms with Crippen molar-refractivity contribution in [3.8, 4) is 0 Å². The van der Waals surface area contributed by atoms with Gasteiger partial charge in [0.25, 0.3) is 0 Å². The lowest BCUT2D eigenvalue weighted by atomic mass is 10.1. The molecule has 4 heteroatoms. The van der Waals surface area contributed by atoms with Gasteiger partial charge in [0.2, 0.25) is 0 Å². The maximum absolute atomic E-state index is 11.4. The van der Waals surface area contributed by atoms with Crippen LogP contribution in [-0.2, 0) is 9.53 Å². The van der Waals surface area contributed by atoms with Gasteiger partial charge in [-0.05, 0) is 33.7 Å². The van der Waals surface area contributed by atoms with E-state index in [9.17, 15) is 4.79 Å². The molecule has 90 valence electrons. The van der Waals surface area contributed by atoms with E-state index in [1.54, 1.807) is 0 Å². The summed E-state index contributed by atoms with van der Waals surface area (Å²) >= 11 is 0. The van der Waals surface area contributed by atoms with Gasteiger partial charge in [-0.15, -0.1) is 0 Å². The molecule has 1 unspecified atom stereocenters. The average Bonchev–Trinajstić information content (AvgIpc) is 2.10. The number of hydrogen-bond donors (Lipinski definition) is 1. The molecule has 0 aliphatic carbocycles. The molecular weight excluding hydrogens is 192 g/mol. The number of nitrogens with zero attached hydrogens (tertiary/aromatic N) is 1. The summed E-state index contributed by atoms with van der Waals surface area (Å²) in [5, 5.41) is 0. The van der Waals surface area contributed by atoms with Crippen LogP contribution < -0.4 is 5.73 Å². The van der Waals surface area contributed by atoms with Crippen LogP contribution in [-0.4, -0.2) is 36.2 Å². The van der Waals surface area contributed by atoms with Crippen LogP contribution in [0, 0.1) is 5.92 Å². The van der Waals surface area contributed by atoms with Crippen molar-refractivity contribution in [2.45, 2.75) is 46.2 Å². The summed E-state index contributed by atoms with van der Waals surface area (Å²) in [6, 6.07) is -0.529. The van der Waals surface area contributed by atoms with Crippen LogP contribution in [0.2, 0.25) is 0 Å². The fourth-order valence-electron chi connectivity index (χ4n) is 0.722. The van der Waals surface area contributed by atoms with Crippen molar-refractivity contribution in [2.24, 2.45) is 11.7 Å². The predicted octanol–water partition coefficient (Wildman–Crippen LogP) is 1.20. The van der Waals surface area contributed by atoms with E-state index in [1.165, 1.54) is 0 Å². The average molecular weight is 216 g/mol. The molecule has 0 saturated heterocycles. The number of ether oxygens (including phenoxy) is 1. The number of rotatable bonds is 4. The Kier molecular flexibility index (Phi) is 5.24. The number of hydrogen-bond acceptors (Lipinski definition) is 4. The number of nitrogens with two attached hydrogens (primary N) is 1. The fraction of sp³-hybridized carbons (Fsp3) is 0.909. The standard InChI is InChI=1S/C11H24N2O2/c1-8(2)9(12)10(14)15-7-13(6)11(3,4)5/h8-9H,7,12H2,1-6H3. The Morgan fingerprint density at radius 3 is 2.20 bits per heavy atom. The topological polar surface area (TPSA) is 55.6 Å². The van der Waals surface area contributed by atoms with E-state index in [4.69, 9.17) is 10.5 Å². The summed E-state index contributed by atoms with van der Waals surface area (Å²) in [5.41, 5.74) is 5.65. The summed E-state index contributed by atoms with van der Waals surface area (Å²) in [6.45, 7) is 10.3. The zero-order valence-electron chi connectivity index (χ0n) is 10.7. The number of esters is 1. The molecule has 0 bridgehead atoms. The molecule has 0 amide bonds. The van der Waals surface area contributed by atoms with Crippen LogP contribution >= 0.6 is 0 Å². The van der Waals surface area contributed by atoms with Gasteiger partial charge < -0.3 is 10.5 Å². The van der Waals surface area contributed by atoms with Crippen molar-refractivity contribution >= 4 is 5.97 Å². The van der Waals surface area contributed by atoms with Crippen LogP contribution in [0.4, 0.5) is 0 Å². The first kappa shape index (κ1) is 14.4. The van der Waals surface area contributed by atoms with Crippen LogP contribution in [0.5, 0.6) is 0 Å². The number of carbonyl (C=O) groups excluding carboxylic acids is 1. The molecule has 4 nitrogen and oxygen atoms in total. The van der Waals surface area contributed by atoms with E-state index in [1.807, 2.05) is 25.8 Å². The van der Waals surface area contributed by atoms with E-state index in [2.05, 4.69) is 20.8 Å². The van der Waals surface area contributed by atoms with Crippen molar-refractivity contribution in [2.75, 3.05) is 13.8 Å². The largest absolute Gasteiger partial charge is 0.448 e. The minimum Gasteiger partial charge on any atom is -0.448 e. The Morgan fingerprint density at radius 2 is 1.87 bits per heavy atom. The third-order valence-electron chi connectivity index (χ3n) is 2.54. The van der Waals surface area contributed by atoms with Crippen molar-refractivity contribution in [1.29, 1.82) is 0 Å². The molecule has 0 aliphatic rings. The SMILES string of the molecule is CC(C)C(N)C(=O)OCN(C)C(C)(C)C. The summed E-state index contributed by atoms with van der Waals surface area (Å²) in [6.07, 6.45) is 0. The molecule has 0 aromatic heterocycles. The highest BCUT2D eigenvalue weighted by Crippen LogP contribution is 2.10. The Labute approximate surface area is 92.8 Å². The molecule has 1 atom stereocenters. The van der Waals surface area contributed by atoms with Gasteiger partial charge in [0, 0.05) is 5.54 Å². The van der Waals surface area contributed by atoms with Crippen LogP contribution in [0.15, 0.2) is 0 Å². The van der Waals surface area contributed by atoms with Gasteiger partial charge in [0.1, 0.15) is 12.8 Å². The zero-order chi connectivity index (χ0) is 12.2. The molecule has 2 N–H and O–H groups in total. The van der Waals surface area contributed by atoms with Crippen LogP contribution in [0.25, 0.3) is 0 Å². The Balaban J connectivity index is 4.02. The molecule has 0 saturated carbocycles. The van der Waals surface area contributed by atoms with Crippen molar-refractivity contribution in [1.82, 2.24) is 4.90 Å². The van der Waals surface area contributed by atoms with Crippen molar-refractivity contribution in [3.05, 3.63) is 0 Å². The molecule has 0 aliphatic heterocycles. The first-order chi connectivity index (χ1) is 6.66. The van der Waals surface area contributed by atoms with Gasteiger partial charge in [-0.2, -0.15) is 0 Å². The molecule has 0 aromatic carbocycles. The lowest BCUT2D eigenvalue weighted by Crippen LogP contribution is -2.43. The van der Waals surface area contributed by atoms with Crippen LogP contribution in [0.3, 0.4) is 0 Å². The smallest absolute Gasteiger partial charge is 0.324 e. The third kappa shape index (κ3) is 5.14. The van der Waals surface area contributed by atoms with Gasteiger partial charge in [-0.3, -0.25) is 9.69 Å². The van der Waals surface area contributed by atoms with Gasteiger partial charge in [0.05, 0.1) is 0 Å².